The average molecular weight is 270 g/mol. The molecular weight excluding hydrogens is 244 g/mol. The fourth-order valence-corrected chi connectivity index (χ4v) is 2.88. The van der Waals surface area contributed by atoms with Crippen molar-refractivity contribution in [1.82, 2.24) is 9.80 Å². The molecule has 5 nitrogen and oxygen atoms in total. The molecule has 0 N–H and O–H groups in total. The van der Waals surface area contributed by atoms with Crippen molar-refractivity contribution >= 4 is 5.97 Å². The second-order valence-corrected chi connectivity index (χ2v) is 5.58. The van der Waals surface area contributed by atoms with Gasteiger partial charge in [-0.05, 0) is 39.9 Å². The SMILES string of the molecule is CCOC(=O)C1CCN(CC2CN(C)CCO2)CC1. The summed E-state index contributed by atoms with van der Waals surface area (Å²) in [5.74, 6) is 0.0851. The lowest BCUT2D eigenvalue weighted by molar-refractivity contribution is -0.149. The van der Waals surface area contributed by atoms with Crippen LogP contribution in [0.3, 0.4) is 0 Å². The molecule has 2 aliphatic heterocycles. The monoisotopic (exact) mass is 270 g/mol. The van der Waals surface area contributed by atoms with E-state index in [0.29, 0.717) is 12.7 Å². The lowest BCUT2D eigenvalue weighted by atomic mass is 9.97. The highest BCUT2D eigenvalue weighted by Crippen LogP contribution is 2.19. The Morgan fingerprint density at radius 2 is 2.05 bits per heavy atom. The van der Waals surface area contributed by atoms with Gasteiger partial charge in [-0.15, -0.1) is 0 Å². The number of carbonyl (C=O) groups excluding carboxylic acids is 1. The van der Waals surface area contributed by atoms with Crippen LogP contribution in [0.1, 0.15) is 19.8 Å². The van der Waals surface area contributed by atoms with Crippen LogP contribution in [-0.2, 0) is 14.3 Å². The summed E-state index contributed by atoms with van der Waals surface area (Å²) in [6.45, 7) is 8.17. The quantitative estimate of drug-likeness (QED) is 0.700. The van der Waals surface area contributed by atoms with Crippen LogP contribution in [0.5, 0.6) is 0 Å². The normalized spacial score (nSPS) is 27.4. The van der Waals surface area contributed by atoms with Gasteiger partial charge in [-0.1, -0.05) is 0 Å². The van der Waals surface area contributed by atoms with Gasteiger partial charge in [0.1, 0.15) is 0 Å². The summed E-state index contributed by atoms with van der Waals surface area (Å²) >= 11 is 0. The van der Waals surface area contributed by atoms with Crippen LogP contribution in [0, 0.1) is 5.92 Å². The lowest BCUT2D eigenvalue weighted by Crippen LogP contribution is -2.48. The van der Waals surface area contributed by atoms with Crippen LogP contribution < -0.4 is 0 Å². The van der Waals surface area contributed by atoms with E-state index in [2.05, 4.69) is 16.8 Å². The Morgan fingerprint density at radius 1 is 1.32 bits per heavy atom. The van der Waals surface area contributed by atoms with E-state index in [1.54, 1.807) is 0 Å². The number of rotatable bonds is 4. The zero-order chi connectivity index (χ0) is 13.7. The Labute approximate surface area is 115 Å². The first-order chi connectivity index (χ1) is 9.19. The highest BCUT2D eigenvalue weighted by atomic mass is 16.5. The predicted octanol–water partition coefficient (Wildman–Crippen LogP) is 0.592. The summed E-state index contributed by atoms with van der Waals surface area (Å²) in [5, 5.41) is 0. The van der Waals surface area contributed by atoms with Crippen LogP contribution in [0.2, 0.25) is 0 Å². The molecule has 1 atom stereocenters. The van der Waals surface area contributed by atoms with Crippen LogP contribution in [0.15, 0.2) is 0 Å². The predicted molar refractivity (Wildman–Crippen MR) is 73.0 cm³/mol. The third-order valence-corrected chi connectivity index (χ3v) is 4.01. The van der Waals surface area contributed by atoms with Crippen LogP contribution in [-0.4, -0.2) is 74.9 Å². The van der Waals surface area contributed by atoms with Gasteiger partial charge in [0.2, 0.25) is 0 Å². The minimum atomic E-state index is -0.0178. The Bertz CT molecular complexity index is 290. The van der Waals surface area contributed by atoms with Crippen molar-refractivity contribution < 1.29 is 14.3 Å². The molecule has 0 aromatic heterocycles. The smallest absolute Gasteiger partial charge is 0.309 e. The van der Waals surface area contributed by atoms with E-state index in [1.165, 1.54) is 0 Å². The molecule has 2 heterocycles. The second-order valence-electron chi connectivity index (χ2n) is 5.58. The number of carbonyl (C=O) groups is 1. The molecule has 0 aliphatic carbocycles. The van der Waals surface area contributed by atoms with Gasteiger partial charge >= 0.3 is 5.97 Å². The van der Waals surface area contributed by atoms with Gasteiger partial charge < -0.3 is 19.3 Å². The van der Waals surface area contributed by atoms with E-state index < -0.39 is 0 Å². The maximum atomic E-state index is 11.7. The summed E-state index contributed by atoms with van der Waals surface area (Å²) in [5.41, 5.74) is 0. The van der Waals surface area contributed by atoms with E-state index in [9.17, 15) is 4.79 Å². The maximum Gasteiger partial charge on any atom is 0.309 e. The molecule has 2 saturated heterocycles. The van der Waals surface area contributed by atoms with Crippen LogP contribution >= 0.6 is 0 Å². The van der Waals surface area contributed by atoms with E-state index in [0.717, 1.165) is 52.2 Å². The number of nitrogens with zero attached hydrogens (tertiary/aromatic N) is 2. The van der Waals surface area contributed by atoms with Crippen molar-refractivity contribution in [3.05, 3.63) is 0 Å². The number of hydrogen-bond acceptors (Lipinski definition) is 5. The summed E-state index contributed by atoms with van der Waals surface area (Å²) in [6, 6.07) is 0. The minimum Gasteiger partial charge on any atom is -0.466 e. The number of hydrogen-bond donors (Lipinski definition) is 0. The Kier molecular flexibility index (Phi) is 5.60. The first kappa shape index (κ1) is 14.8. The van der Waals surface area contributed by atoms with Gasteiger partial charge in [-0.25, -0.2) is 0 Å². The van der Waals surface area contributed by atoms with Crippen molar-refractivity contribution in [3.63, 3.8) is 0 Å². The van der Waals surface area contributed by atoms with Gasteiger partial charge in [0.25, 0.3) is 0 Å². The number of likely N-dealkylation sites (N-methyl/N-ethyl adjacent to an activating group) is 1. The average Bonchev–Trinajstić information content (AvgIpc) is 2.40. The number of piperidine rings is 1. The summed E-state index contributed by atoms with van der Waals surface area (Å²) in [6.07, 6.45) is 2.15. The Hall–Kier alpha value is -0.650. The first-order valence-corrected chi connectivity index (χ1v) is 7.38. The number of esters is 1. The lowest BCUT2D eigenvalue weighted by Gasteiger charge is -2.36. The highest BCUT2D eigenvalue weighted by molar-refractivity contribution is 5.72. The summed E-state index contributed by atoms with van der Waals surface area (Å²) in [7, 11) is 2.14. The molecule has 0 spiro atoms. The summed E-state index contributed by atoms with van der Waals surface area (Å²) < 4.78 is 10.9. The molecule has 0 amide bonds. The molecule has 2 aliphatic rings. The molecule has 2 fully saturated rings. The molecule has 2 rings (SSSR count). The summed E-state index contributed by atoms with van der Waals surface area (Å²) in [4.78, 5) is 16.4. The Balaban J connectivity index is 1.69. The maximum absolute atomic E-state index is 11.7. The second kappa shape index (κ2) is 7.22. The molecule has 0 bridgehead atoms. The highest BCUT2D eigenvalue weighted by Gasteiger charge is 2.28. The minimum absolute atomic E-state index is 0.0178. The van der Waals surface area contributed by atoms with Crippen molar-refractivity contribution in [2.75, 3.05) is 53.0 Å². The fraction of sp³-hybridized carbons (Fsp3) is 0.929. The van der Waals surface area contributed by atoms with Crippen molar-refractivity contribution in [1.29, 1.82) is 0 Å². The molecule has 5 heteroatoms. The van der Waals surface area contributed by atoms with Crippen molar-refractivity contribution in [2.24, 2.45) is 5.92 Å². The van der Waals surface area contributed by atoms with Gasteiger partial charge in [0, 0.05) is 19.6 Å². The molecule has 0 aromatic rings. The largest absolute Gasteiger partial charge is 0.466 e. The van der Waals surface area contributed by atoms with Crippen molar-refractivity contribution in [2.45, 2.75) is 25.9 Å². The van der Waals surface area contributed by atoms with Crippen molar-refractivity contribution in [3.8, 4) is 0 Å². The Morgan fingerprint density at radius 3 is 2.68 bits per heavy atom. The van der Waals surface area contributed by atoms with Gasteiger partial charge in [-0.2, -0.15) is 0 Å². The fourth-order valence-electron chi connectivity index (χ4n) is 2.88. The molecule has 110 valence electrons. The zero-order valence-electron chi connectivity index (χ0n) is 12.1. The number of likely N-dealkylation sites (tertiary alicyclic amines) is 1. The van der Waals surface area contributed by atoms with Gasteiger partial charge in [-0.3, -0.25) is 4.79 Å². The van der Waals surface area contributed by atoms with E-state index in [4.69, 9.17) is 9.47 Å². The van der Waals surface area contributed by atoms with Gasteiger partial charge in [0.05, 0.1) is 25.2 Å². The number of morpholine rings is 1. The van der Waals surface area contributed by atoms with Crippen LogP contribution in [0.4, 0.5) is 0 Å². The van der Waals surface area contributed by atoms with Crippen LogP contribution in [0.25, 0.3) is 0 Å². The first-order valence-electron chi connectivity index (χ1n) is 7.38. The van der Waals surface area contributed by atoms with E-state index in [1.807, 2.05) is 6.92 Å². The molecule has 1 unspecified atom stereocenters. The molecule has 0 saturated carbocycles. The zero-order valence-corrected chi connectivity index (χ0v) is 12.1. The third kappa shape index (κ3) is 4.44. The number of ether oxygens (including phenoxy) is 2. The molecule has 0 aromatic carbocycles. The topological polar surface area (TPSA) is 42.0 Å². The molecular formula is C14H26N2O3. The standard InChI is InChI=1S/C14H26N2O3/c1-3-18-14(17)12-4-6-16(7-5-12)11-13-10-15(2)8-9-19-13/h12-13H,3-11H2,1-2H3. The third-order valence-electron chi connectivity index (χ3n) is 4.01. The molecule has 0 radical (unpaired) electrons. The van der Waals surface area contributed by atoms with E-state index >= 15 is 0 Å². The van der Waals surface area contributed by atoms with E-state index in [-0.39, 0.29) is 11.9 Å². The van der Waals surface area contributed by atoms with Gasteiger partial charge in [0.15, 0.2) is 0 Å². The molecule has 19 heavy (non-hydrogen) atoms.